The minimum absolute atomic E-state index is 0. The Bertz CT molecular complexity index is 552. The third kappa shape index (κ3) is 6.44. The van der Waals surface area contributed by atoms with Gasteiger partial charge >= 0.3 is 0 Å². The van der Waals surface area contributed by atoms with Gasteiger partial charge in [-0.15, -0.1) is 24.0 Å². The molecule has 2 N–H and O–H groups in total. The number of hydrogen-bond acceptors (Lipinski definition) is 3. The van der Waals surface area contributed by atoms with Crippen LogP contribution in [0.2, 0.25) is 0 Å². The molecule has 1 fully saturated rings. The summed E-state index contributed by atoms with van der Waals surface area (Å²) in [6.07, 6.45) is 8.83. The maximum Gasteiger partial charge on any atom is 0.230 e. The van der Waals surface area contributed by atoms with E-state index in [1.165, 1.54) is 0 Å². The Labute approximate surface area is 174 Å². The summed E-state index contributed by atoms with van der Waals surface area (Å²) in [5, 5.41) is 10.8. The van der Waals surface area contributed by atoms with Gasteiger partial charge in [-0.1, -0.05) is 12.8 Å². The largest absolute Gasteiger partial charge is 0.357 e. The smallest absolute Gasteiger partial charge is 0.230 e. The average Bonchev–Trinajstić information content (AvgIpc) is 3.28. The van der Waals surface area contributed by atoms with Crippen LogP contribution in [0, 0.1) is 5.41 Å². The summed E-state index contributed by atoms with van der Waals surface area (Å²) in [4.78, 5) is 19.1. The summed E-state index contributed by atoms with van der Waals surface area (Å²) < 4.78 is 1.93. The molecule has 0 aromatic carbocycles. The van der Waals surface area contributed by atoms with Crippen molar-refractivity contribution in [3.05, 3.63) is 18.5 Å². The normalized spacial score (nSPS) is 16.0. The lowest BCUT2D eigenvalue weighted by Gasteiger charge is -2.29. The van der Waals surface area contributed by atoms with Gasteiger partial charge < -0.3 is 15.5 Å². The van der Waals surface area contributed by atoms with E-state index in [0.29, 0.717) is 6.54 Å². The third-order valence-corrected chi connectivity index (χ3v) is 4.72. The molecule has 0 unspecified atom stereocenters. The van der Waals surface area contributed by atoms with E-state index in [-0.39, 0.29) is 35.3 Å². The number of carbonyl (C=O) groups is 1. The van der Waals surface area contributed by atoms with Crippen molar-refractivity contribution in [2.75, 3.05) is 33.7 Å². The van der Waals surface area contributed by atoms with Gasteiger partial charge in [-0.05, 0) is 32.3 Å². The molecule has 1 aliphatic rings. The van der Waals surface area contributed by atoms with Crippen LogP contribution in [0.25, 0.3) is 0 Å². The van der Waals surface area contributed by atoms with Gasteiger partial charge in [-0.2, -0.15) is 5.10 Å². The number of halogens is 1. The summed E-state index contributed by atoms with van der Waals surface area (Å²) in [5.41, 5.74) is -0.319. The number of hydrogen-bond donors (Lipinski definition) is 2. The molecule has 1 heterocycles. The molecular formula is C18H33IN6O. The average molecular weight is 476 g/mol. The number of carbonyl (C=O) groups excluding carboxylic acids is 1. The molecule has 1 aromatic heterocycles. The maximum atomic E-state index is 12.6. The van der Waals surface area contributed by atoms with E-state index < -0.39 is 0 Å². The summed E-state index contributed by atoms with van der Waals surface area (Å²) >= 11 is 0. The standard InChI is InChI=1S/C18H32N6O.HI/c1-4-19-17(20-11-7-13-24-14-8-12-22-24)21-15-18(9-5-6-10-18)16(25)23(2)3;/h8,12,14H,4-7,9-11,13,15H2,1-3H3,(H2,19,20,21);1H. The first-order valence-corrected chi connectivity index (χ1v) is 9.29. The van der Waals surface area contributed by atoms with Crippen molar-refractivity contribution >= 4 is 35.8 Å². The first-order chi connectivity index (χ1) is 12.1. The van der Waals surface area contributed by atoms with Crippen LogP contribution in [-0.2, 0) is 11.3 Å². The molecule has 1 saturated carbocycles. The van der Waals surface area contributed by atoms with Gasteiger partial charge in [-0.25, -0.2) is 0 Å². The number of rotatable bonds is 8. The van der Waals surface area contributed by atoms with E-state index in [0.717, 1.165) is 57.7 Å². The zero-order valence-corrected chi connectivity index (χ0v) is 18.5. The van der Waals surface area contributed by atoms with Crippen LogP contribution in [-0.4, -0.2) is 60.3 Å². The second-order valence-corrected chi connectivity index (χ2v) is 6.93. The van der Waals surface area contributed by atoms with Crippen molar-refractivity contribution in [1.82, 2.24) is 25.3 Å². The Morgan fingerprint density at radius 2 is 2.04 bits per heavy atom. The molecule has 0 radical (unpaired) electrons. The van der Waals surface area contributed by atoms with Crippen LogP contribution in [0.15, 0.2) is 23.5 Å². The molecule has 1 aliphatic carbocycles. The van der Waals surface area contributed by atoms with Crippen molar-refractivity contribution in [1.29, 1.82) is 0 Å². The minimum Gasteiger partial charge on any atom is -0.357 e. The molecule has 0 bridgehead atoms. The first-order valence-electron chi connectivity index (χ1n) is 9.29. The SMILES string of the molecule is CCNC(=NCC1(C(=O)N(C)C)CCCC1)NCCCn1cccn1.I. The zero-order valence-electron chi connectivity index (χ0n) is 16.2. The van der Waals surface area contributed by atoms with E-state index in [2.05, 4.69) is 22.7 Å². The number of aliphatic imine (C=N–C) groups is 1. The van der Waals surface area contributed by atoms with Crippen LogP contribution >= 0.6 is 24.0 Å². The summed E-state index contributed by atoms with van der Waals surface area (Å²) in [6, 6.07) is 1.93. The molecular weight excluding hydrogens is 443 g/mol. The Balaban J connectivity index is 0.00000338. The van der Waals surface area contributed by atoms with Crippen molar-refractivity contribution in [3.8, 4) is 0 Å². The minimum atomic E-state index is -0.319. The molecule has 1 amide bonds. The molecule has 26 heavy (non-hydrogen) atoms. The van der Waals surface area contributed by atoms with Crippen molar-refractivity contribution in [2.45, 2.75) is 45.6 Å². The van der Waals surface area contributed by atoms with Gasteiger partial charge in [0.15, 0.2) is 5.96 Å². The second-order valence-electron chi connectivity index (χ2n) is 6.93. The van der Waals surface area contributed by atoms with E-state index >= 15 is 0 Å². The molecule has 7 nitrogen and oxygen atoms in total. The van der Waals surface area contributed by atoms with Gasteiger partial charge in [0, 0.05) is 46.1 Å². The Morgan fingerprint density at radius 1 is 1.31 bits per heavy atom. The number of aromatic nitrogens is 2. The van der Waals surface area contributed by atoms with Crippen LogP contribution in [0.5, 0.6) is 0 Å². The van der Waals surface area contributed by atoms with Gasteiger partial charge in [0.1, 0.15) is 0 Å². The Kier molecular flexibility index (Phi) is 9.97. The third-order valence-electron chi connectivity index (χ3n) is 4.72. The Hall–Kier alpha value is -1.32. The highest BCUT2D eigenvalue weighted by atomic mass is 127. The molecule has 0 spiro atoms. The number of aryl methyl sites for hydroxylation is 1. The molecule has 0 aliphatic heterocycles. The van der Waals surface area contributed by atoms with Crippen LogP contribution in [0.3, 0.4) is 0 Å². The number of nitrogens with zero attached hydrogens (tertiary/aromatic N) is 4. The lowest BCUT2D eigenvalue weighted by atomic mass is 9.85. The van der Waals surface area contributed by atoms with Crippen molar-refractivity contribution < 1.29 is 4.79 Å². The summed E-state index contributed by atoms with van der Waals surface area (Å²) in [6.45, 7) is 5.11. The fourth-order valence-corrected chi connectivity index (χ4v) is 3.42. The topological polar surface area (TPSA) is 74.6 Å². The van der Waals surface area contributed by atoms with Crippen LogP contribution in [0.4, 0.5) is 0 Å². The monoisotopic (exact) mass is 476 g/mol. The Morgan fingerprint density at radius 3 is 2.62 bits per heavy atom. The predicted molar refractivity (Wildman–Crippen MR) is 116 cm³/mol. The van der Waals surface area contributed by atoms with E-state index in [9.17, 15) is 4.79 Å². The zero-order chi connectivity index (χ0) is 18.1. The van der Waals surface area contributed by atoms with Gasteiger partial charge in [0.2, 0.25) is 5.91 Å². The second kappa shape index (κ2) is 11.4. The van der Waals surface area contributed by atoms with Gasteiger partial charge in [0.05, 0.1) is 12.0 Å². The number of guanidine groups is 1. The van der Waals surface area contributed by atoms with E-state index in [1.807, 2.05) is 31.0 Å². The summed E-state index contributed by atoms with van der Waals surface area (Å²) in [7, 11) is 3.68. The summed E-state index contributed by atoms with van der Waals surface area (Å²) in [5.74, 6) is 1.00. The fourth-order valence-electron chi connectivity index (χ4n) is 3.42. The first kappa shape index (κ1) is 22.7. The molecule has 148 valence electrons. The lowest BCUT2D eigenvalue weighted by Crippen LogP contribution is -2.43. The molecule has 8 heteroatoms. The maximum absolute atomic E-state index is 12.6. The van der Waals surface area contributed by atoms with E-state index in [4.69, 9.17) is 4.99 Å². The highest BCUT2D eigenvalue weighted by Gasteiger charge is 2.41. The fraction of sp³-hybridized carbons (Fsp3) is 0.722. The molecule has 1 aromatic rings. The van der Waals surface area contributed by atoms with Crippen LogP contribution < -0.4 is 10.6 Å². The highest BCUT2D eigenvalue weighted by molar-refractivity contribution is 14.0. The molecule has 2 rings (SSSR count). The lowest BCUT2D eigenvalue weighted by molar-refractivity contribution is -0.138. The quantitative estimate of drug-likeness (QED) is 0.261. The highest BCUT2D eigenvalue weighted by Crippen LogP contribution is 2.39. The molecule has 0 saturated heterocycles. The van der Waals surface area contributed by atoms with Gasteiger partial charge in [-0.3, -0.25) is 14.5 Å². The van der Waals surface area contributed by atoms with E-state index in [1.54, 1.807) is 11.1 Å². The molecule has 0 atom stereocenters. The van der Waals surface area contributed by atoms with Crippen molar-refractivity contribution in [2.24, 2.45) is 10.4 Å². The number of nitrogens with one attached hydrogen (secondary N) is 2. The van der Waals surface area contributed by atoms with Crippen LogP contribution in [0.1, 0.15) is 39.0 Å². The predicted octanol–water partition coefficient (Wildman–Crippen LogP) is 2.09. The number of amides is 1. The van der Waals surface area contributed by atoms with Gasteiger partial charge in [0.25, 0.3) is 0 Å². The van der Waals surface area contributed by atoms with Crippen molar-refractivity contribution in [3.63, 3.8) is 0 Å².